The van der Waals surface area contributed by atoms with E-state index in [4.69, 9.17) is 10.7 Å². The molecule has 1 amide bonds. The van der Waals surface area contributed by atoms with Gasteiger partial charge in [0, 0.05) is 29.2 Å². The van der Waals surface area contributed by atoms with E-state index >= 15 is 0 Å². The van der Waals surface area contributed by atoms with Crippen LogP contribution in [0, 0.1) is 0 Å². The predicted octanol–water partition coefficient (Wildman–Crippen LogP) is 2.09. The lowest BCUT2D eigenvalue weighted by Crippen LogP contribution is -2.28. The van der Waals surface area contributed by atoms with Gasteiger partial charge in [-0.05, 0) is 18.6 Å². The highest BCUT2D eigenvalue weighted by atomic mass is 35.7. The van der Waals surface area contributed by atoms with Gasteiger partial charge in [0.25, 0.3) is 9.05 Å². The number of hydrogen-bond donors (Lipinski definition) is 0. The summed E-state index contributed by atoms with van der Waals surface area (Å²) in [7, 11) is 3.26. The van der Waals surface area contributed by atoms with Gasteiger partial charge in [0.05, 0.1) is 6.42 Å². The summed E-state index contributed by atoms with van der Waals surface area (Å²) in [6.45, 7) is 2.69. The zero-order chi connectivity index (χ0) is 13.1. The molecule has 7 heteroatoms. The molecule has 1 aromatic rings. The first-order chi connectivity index (χ1) is 7.84. The fourth-order valence-electron chi connectivity index (χ4n) is 1.33. The molecule has 0 unspecified atom stereocenters. The molecule has 0 aromatic carbocycles. The fourth-order valence-corrected chi connectivity index (χ4v) is 3.44. The number of carbonyl (C=O) groups is 1. The molecule has 0 atom stereocenters. The molecule has 0 aliphatic heterocycles. The topological polar surface area (TPSA) is 54.5 Å². The number of hydrogen-bond acceptors (Lipinski definition) is 4. The lowest BCUT2D eigenvalue weighted by molar-refractivity contribution is -0.129. The summed E-state index contributed by atoms with van der Waals surface area (Å²) in [5.41, 5.74) is 0. The summed E-state index contributed by atoms with van der Waals surface area (Å²) in [5, 5.41) is 0. The molecule has 0 radical (unpaired) electrons. The van der Waals surface area contributed by atoms with Crippen molar-refractivity contribution >= 4 is 37.0 Å². The SMILES string of the molecule is CCCN(C)C(=O)Cc1ccc(S(=O)(=O)Cl)s1. The normalized spacial score (nSPS) is 11.5. The Morgan fingerprint density at radius 3 is 2.59 bits per heavy atom. The van der Waals surface area contributed by atoms with E-state index in [2.05, 4.69) is 0 Å². The predicted molar refractivity (Wildman–Crippen MR) is 69.0 cm³/mol. The summed E-state index contributed by atoms with van der Waals surface area (Å²) < 4.78 is 22.2. The number of amides is 1. The van der Waals surface area contributed by atoms with Gasteiger partial charge in [0.15, 0.2) is 0 Å². The van der Waals surface area contributed by atoms with E-state index in [1.54, 1.807) is 18.0 Å². The van der Waals surface area contributed by atoms with E-state index < -0.39 is 9.05 Å². The number of nitrogens with zero attached hydrogens (tertiary/aromatic N) is 1. The molecule has 0 aliphatic rings. The third-order valence-corrected chi connectivity index (χ3v) is 5.37. The van der Waals surface area contributed by atoms with Gasteiger partial charge >= 0.3 is 0 Å². The minimum atomic E-state index is -3.68. The first-order valence-electron chi connectivity index (χ1n) is 5.12. The maximum atomic E-state index is 11.7. The van der Waals surface area contributed by atoms with E-state index in [-0.39, 0.29) is 16.5 Å². The second-order valence-corrected chi connectivity index (χ2v) is 7.61. The lowest BCUT2D eigenvalue weighted by Gasteiger charge is -2.15. The van der Waals surface area contributed by atoms with Crippen molar-refractivity contribution in [1.82, 2.24) is 4.90 Å². The van der Waals surface area contributed by atoms with Gasteiger partial charge in [-0.1, -0.05) is 6.92 Å². The van der Waals surface area contributed by atoms with Crippen molar-refractivity contribution < 1.29 is 13.2 Å². The minimum Gasteiger partial charge on any atom is -0.345 e. The van der Waals surface area contributed by atoms with Gasteiger partial charge in [-0.3, -0.25) is 4.79 Å². The maximum absolute atomic E-state index is 11.7. The molecular formula is C10H14ClNO3S2. The van der Waals surface area contributed by atoms with Crippen LogP contribution in [-0.4, -0.2) is 32.8 Å². The van der Waals surface area contributed by atoms with Gasteiger partial charge in [-0.25, -0.2) is 8.42 Å². The van der Waals surface area contributed by atoms with Crippen LogP contribution in [0.4, 0.5) is 0 Å². The molecule has 0 bridgehead atoms. The molecule has 96 valence electrons. The van der Waals surface area contributed by atoms with Crippen LogP contribution in [0.1, 0.15) is 18.2 Å². The number of rotatable bonds is 5. The Hall–Kier alpha value is -0.590. The first kappa shape index (κ1) is 14.5. The van der Waals surface area contributed by atoms with Crippen LogP contribution >= 0.6 is 22.0 Å². The summed E-state index contributed by atoms with van der Waals surface area (Å²) in [4.78, 5) is 14.1. The van der Waals surface area contributed by atoms with E-state index in [1.165, 1.54) is 6.07 Å². The molecule has 1 rings (SSSR count). The van der Waals surface area contributed by atoms with E-state index in [0.29, 0.717) is 11.4 Å². The third-order valence-electron chi connectivity index (χ3n) is 2.19. The van der Waals surface area contributed by atoms with Crippen molar-refractivity contribution in [3.8, 4) is 0 Å². The maximum Gasteiger partial charge on any atom is 0.270 e. The van der Waals surface area contributed by atoms with Crippen molar-refractivity contribution in [3.05, 3.63) is 17.0 Å². The highest BCUT2D eigenvalue weighted by molar-refractivity contribution is 8.15. The van der Waals surface area contributed by atoms with Crippen molar-refractivity contribution in [1.29, 1.82) is 0 Å². The quantitative estimate of drug-likeness (QED) is 0.782. The standard InChI is InChI=1S/C10H14ClNO3S2/c1-3-6-12(2)9(13)7-8-4-5-10(16-8)17(11,14)15/h4-5H,3,6-7H2,1-2H3. The van der Waals surface area contributed by atoms with Crippen LogP contribution in [0.5, 0.6) is 0 Å². The minimum absolute atomic E-state index is 0.0211. The molecule has 1 heterocycles. The van der Waals surface area contributed by atoms with Crippen LogP contribution in [0.2, 0.25) is 0 Å². The molecule has 0 aliphatic carbocycles. The van der Waals surface area contributed by atoms with E-state index in [9.17, 15) is 13.2 Å². The molecule has 0 saturated heterocycles. The summed E-state index contributed by atoms with van der Waals surface area (Å²) in [6.07, 6.45) is 1.11. The second-order valence-electron chi connectivity index (χ2n) is 3.65. The molecule has 0 fully saturated rings. The Balaban J connectivity index is 2.70. The van der Waals surface area contributed by atoms with Crippen LogP contribution < -0.4 is 0 Å². The Morgan fingerprint density at radius 1 is 1.47 bits per heavy atom. The molecule has 4 nitrogen and oxygen atoms in total. The van der Waals surface area contributed by atoms with Gasteiger partial charge in [0.1, 0.15) is 4.21 Å². The summed E-state index contributed by atoms with van der Waals surface area (Å²) in [5.74, 6) is -0.0211. The molecule has 17 heavy (non-hydrogen) atoms. The lowest BCUT2D eigenvalue weighted by atomic mass is 10.3. The first-order valence-corrected chi connectivity index (χ1v) is 8.24. The van der Waals surface area contributed by atoms with Gasteiger partial charge in [-0.15, -0.1) is 11.3 Å². The highest BCUT2D eigenvalue weighted by Gasteiger charge is 2.15. The number of carbonyl (C=O) groups excluding carboxylic acids is 1. The molecule has 0 saturated carbocycles. The van der Waals surface area contributed by atoms with Crippen LogP contribution in [-0.2, 0) is 20.3 Å². The van der Waals surface area contributed by atoms with Crippen molar-refractivity contribution in [3.63, 3.8) is 0 Å². The molecule has 1 aromatic heterocycles. The summed E-state index contributed by atoms with van der Waals surface area (Å²) in [6, 6.07) is 3.05. The van der Waals surface area contributed by atoms with E-state index in [1.807, 2.05) is 6.92 Å². The van der Waals surface area contributed by atoms with Gasteiger partial charge < -0.3 is 4.90 Å². The zero-order valence-electron chi connectivity index (χ0n) is 9.64. The highest BCUT2D eigenvalue weighted by Crippen LogP contribution is 2.25. The molecule has 0 spiro atoms. The van der Waals surface area contributed by atoms with Gasteiger partial charge in [0.2, 0.25) is 5.91 Å². The second kappa shape index (κ2) is 5.84. The average Bonchev–Trinajstić information content (AvgIpc) is 2.66. The zero-order valence-corrected chi connectivity index (χ0v) is 12.0. The third kappa shape index (κ3) is 4.29. The van der Waals surface area contributed by atoms with E-state index in [0.717, 1.165) is 17.8 Å². The van der Waals surface area contributed by atoms with Crippen molar-refractivity contribution in [2.75, 3.05) is 13.6 Å². The Morgan fingerprint density at radius 2 is 2.12 bits per heavy atom. The Bertz CT molecular complexity index is 495. The monoisotopic (exact) mass is 295 g/mol. The largest absolute Gasteiger partial charge is 0.345 e. The van der Waals surface area contributed by atoms with Gasteiger partial charge in [-0.2, -0.15) is 0 Å². The summed E-state index contributed by atoms with van der Waals surface area (Å²) >= 11 is 1.04. The smallest absolute Gasteiger partial charge is 0.270 e. The number of halogens is 1. The average molecular weight is 296 g/mol. The van der Waals surface area contributed by atoms with Crippen LogP contribution in [0.15, 0.2) is 16.3 Å². The number of thiophene rings is 1. The van der Waals surface area contributed by atoms with Crippen molar-refractivity contribution in [2.45, 2.75) is 24.0 Å². The molecule has 0 N–H and O–H groups in total. The Labute approximate surface area is 110 Å². The molecular weight excluding hydrogens is 282 g/mol. The van der Waals surface area contributed by atoms with Crippen LogP contribution in [0.25, 0.3) is 0 Å². The Kier molecular flexibility index (Phi) is 4.97. The van der Waals surface area contributed by atoms with Crippen molar-refractivity contribution in [2.24, 2.45) is 0 Å². The fraction of sp³-hybridized carbons (Fsp3) is 0.500. The number of likely N-dealkylation sites (N-methyl/N-ethyl adjacent to an activating group) is 1. The van der Waals surface area contributed by atoms with Crippen LogP contribution in [0.3, 0.4) is 0 Å².